The van der Waals surface area contributed by atoms with E-state index in [2.05, 4.69) is 106 Å². The maximum Gasteiger partial charge on any atom is 0.306 e. The summed E-state index contributed by atoms with van der Waals surface area (Å²) >= 11 is 0. The molecule has 0 fully saturated rings. The molecule has 0 aliphatic heterocycles. The molecule has 0 aromatic rings. The third kappa shape index (κ3) is 67.3. The fourth-order valence-corrected chi connectivity index (χ4v) is 10.0. The highest BCUT2D eigenvalue weighted by molar-refractivity contribution is 5.71. The summed E-state index contributed by atoms with van der Waals surface area (Å²) in [6.07, 6.45) is 91.7. The van der Waals surface area contributed by atoms with Crippen LogP contribution in [0.15, 0.2) is 85.1 Å². The molecule has 468 valence electrons. The Hall–Kier alpha value is -3.41. The van der Waals surface area contributed by atoms with Gasteiger partial charge < -0.3 is 14.2 Å². The van der Waals surface area contributed by atoms with Gasteiger partial charge in [-0.05, 0) is 122 Å². The van der Waals surface area contributed by atoms with Crippen LogP contribution in [0.25, 0.3) is 0 Å². The van der Waals surface area contributed by atoms with Crippen LogP contribution in [0.4, 0.5) is 0 Å². The van der Waals surface area contributed by atoms with Crippen LogP contribution in [0.2, 0.25) is 0 Å². The summed E-state index contributed by atoms with van der Waals surface area (Å²) in [5, 5.41) is 0. The Kier molecular flexibility index (Phi) is 66.2. The third-order valence-corrected chi connectivity index (χ3v) is 15.3. The van der Waals surface area contributed by atoms with Crippen LogP contribution in [0.3, 0.4) is 0 Å². The molecule has 1 atom stereocenters. The van der Waals surface area contributed by atoms with Gasteiger partial charge in [-0.25, -0.2) is 0 Å². The molecule has 0 aromatic carbocycles. The molecular weight excluding hydrogens is 997 g/mol. The lowest BCUT2D eigenvalue weighted by atomic mass is 10.0. The van der Waals surface area contributed by atoms with Crippen LogP contribution in [-0.4, -0.2) is 37.2 Å². The average molecular weight is 1130 g/mol. The number of hydrogen-bond acceptors (Lipinski definition) is 6. The SMILES string of the molecule is CCCCC/C=C\C/C=C\C/C=C\CCCCCCCCC(=O)OCC(COC(=O)CCCCCCCCCCCCCCC/C=C\CCCCCCCCCC)OC(=O)CCCCCCCC/C=C\C/C=C\C/C=C\CCCCC. The van der Waals surface area contributed by atoms with Crippen LogP contribution < -0.4 is 0 Å². The van der Waals surface area contributed by atoms with Crippen molar-refractivity contribution in [1.82, 2.24) is 0 Å². The van der Waals surface area contributed by atoms with E-state index in [0.29, 0.717) is 19.3 Å². The Balaban J connectivity index is 4.37. The minimum Gasteiger partial charge on any atom is -0.462 e. The van der Waals surface area contributed by atoms with E-state index in [1.165, 1.54) is 212 Å². The predicted octanol–water partition coefficient (Wildman–Crippen LogP) is 24.2. The van der Waals surface area contributed by atoms with Gasteiger partial charge in [0.25, 0.3) is 0 Å². The average Bonchev–Trinajstić information content (AvgIpc) is 3.47. The van der Waals surface area contributed by atoms with E-state index in [9.17, 15) is 14.4 Å². The first-order chi connectivity index (χ1) is 40.0. The van der Waals surface area contributed by atoms with Gasteiger partial charge in [0, 0.05) is 19.3 Å². The molecule has 6 nitrogen and oxygen atoms in total. The van der Waals surface area contributed by atoms with Crippen molar-refractivity contribution in [3.05, 3.63) is 85.1 Å². The van der Waals surface area contributed by atoms with E-state index < -0.39 is 6.10 Å². The molecule has 0 aromatic heterocycles. The van der Waals surface area contributed by atoms with Crippen molar-refractivity contribution in [2.24, 2.45) is 0 Å². The molecule has 0 bridgehead atoms. The second-order valence-electron chi connectivity index (χ2n) is 23.4. The molecule has 81 heavy (non-hydrogen) atoms. The Morgan fingerprint density at radius 2 is 0.444 bits per heavy atom. The highest BCUT2D eigenvalue weighted by atomic mass is 16.6. The van der Waals surface area contributed by atoms with Gasteiger partial charge in [0.15, 0.2) is 6.10 Å². The first-order valence-corrected chi connectivity index (χ1v) is 35.1. The standard InChI is InChI=1S/C75H132O6/c1-4-7-10-13-16-19-22-25-28-31-34-35-36-37-38-39-42-44-47-50-53-56-59-62-65-68-74(77)80-71-72(81-75(78)69-66-63-60-57-54-51-48-45-41-33-30-27-24-21-18-15-12-9-6-3)70-79-73(76)67-64-61-58-55-52-49-46-43-40-32-29-26-23-20-17-14-11-8-5-2/h17-18,20-21,26-27,29-31,34,40-41,43,45,72H,4-16,19,22-25,28,32-33,35-39,42,44,46-71H2,1-3H3/b20-17-,21-18-,29-26-,30-27-,34-31-,43-40-,45-41-. The quantitative estimate of drug-likeness (QED) is 0.0261. The van der Waals surface area contributed by atoms with Crippen LogP contribution >= 0.6 is 0 Å². The minimum absolute atomic E-state index is 0.0847. The summed E-state index contributed by atoms with van der Waals surface area (Å²) in [6.45, 7) is 6.61. The zero-order valence-corrected chi connectivity index (χ0v) is 53.8. The molecule has 0 saturated heterocycles. The monoisotopic (exact) mass is 1130 g/mol. The van der Waals surface area contributed by atoms with Crippen molar-refractivity contribution in [2.75, 3.05) is 13.2 Å². The molecule has 6 heteroatoms. The lowest BCUT2D eigenvalue weighted by molar-refractivity contribution is -0.167. The number of rotatable bonds is 64. The molecule has 0 heterocycles. The molecule has 0 saturated carbocycles. The number of carbonyl (C=O) groups excluding carboxylic acids is 3. The largest absolute Gasteiger partial charge is 0.462 e. The first kappa shape index (κ1) is 77.6. The number of allylic oxidation sites excluding steroid dienone is 14. The molecule has 0 spiro atoms. The second kappa shape index (κ2) is 69.1. The second-order valence-corrected chi connectivity index (χ2v) is 23.4. The molecular formula is C75H132O6. The highest BCUT2D eigenvalue weighted by Gasteiger charge is 2.19. The molecule has 0 N–H and O–H groups in total. The molecule has 0 amide bonds. The van der Waals surface area contributed by atoms with Crippen molar-refractivity contribution in [2.45, 2.75) is 361 Å². The van der Waals surface area contributed by atoms with E-state index in [-0.39, 0.29) is 31.1 Å². The third-order valence-electron chi connectivity index (χ3n) is 15.3. The fourth-order valence-electron chi connectivity index (χ4n) is 10.0. The summed E-state index contributed by atoms with van der Waals surface area (Å²) in [5.74, 6) is -0.894. The first-order valence-electron chi connectivity index (χ1n) is 35.1. The molecule has 0 rings (SSSR count). The number of unbranched alkanes of at least 4 members (excludes halogenated alkanes) is 39. The van der Waals surface area contributed by atoms with Crippen molar-refractivity contribution in [1.29, 1.82) is 0 Å². The topological polar surface area (TPSA) is 78.9 Å². The van der Waals surface area contributed by atoms with E-state index in [1.807, 2.05) is 0 Å². The Morgan fingerprint density at radius 1 is 0.247 bits per heavy atom. The van der Waals surface area contributed by atoms with Crippen molar-refractivity contribution in [3.63, 3.8) is 0 Å². The molecule has 0 radical (unpaired) electrons. The van der Waals surface area contributed by atoms with Gasteiger partial charge in [-0.1, -0.05) is 298 Å². The highest BCUT2D eigenvalue weighted by Crippen LogP contribution is 2.17. The van der Waals surface area contributed by atoms with Gasteiger partial charge in [-0.15, -0.1) is 0 Å². The molecule has 1 unspecified atom stereocenters. The maximum atomic E-state index is 13.0. The smallest absolute Gasteiger partial charge is 0.306 e. The summed E-state index contributed by atoms with van der Waals surface area (Å²) in [5.41, 5.74) is 0. The molecule has 0 aliphatic carbocycles. The van der Waals surface area contributed by atoms with Crippen molar-refractivity contribution in [3.8, 4) is 0 Å². The molecule has 0 aliphatic rings. The Labute approximate surface area is 503 Å². The predicted molar refractivity (Wildman–Crippen MR) is 353 cm³/mol. The van der Waals surface area contributed by atoms with E-state index in [0.717, 1.165) is 103 Å². The summed E-state index contributed by atoms with van der Waals surface area (Å²) < 4.78 is 17.0. The summed E-state index contributed by atoms with van der Waals surface area (Å²) in [7, 11) is 0. The van der Waals surface area contributed by atoms with Crippen molar-refractivity contribution < 1.29 is 28.6 Å². The number of ether oxygens (including phenoxy) is 3. The maximum absolute atomic E-state index is 13.0. The lowest BCUT2D eigenvalue weighted by Gasteiger charge is -2.18. The summed E-state index contributed by atoms with van der Waals surface area (Å²) in [4.78, 5) is 38.5. The van der Waals surface area contributed by atoms with E-state index in [4.69, 9.17) is 14.2 Å². The lowest BCUT2D eigenvalue weighted by Crippen LogP contribution is -2.30. The Morgan fingerprint density at radius 3 is 0.728 bits per heavy atom. The zero-order valence-electron chi connectivity index (χ0n) is 53.8. The zero-order chi connectivity index (χ0) is 58.5. The fraction of sp³-hybridized carbons (Fsp3) is 0.773. The van der Waals surface area contributed by atoms with Gasteiger partial charge in [-0.2, -0.15) is 0 Å². The van der Waals surface area contributed by atoms with Gasteiger partial charge in [-0.3, -0.25) is 14.4 Å². The summed E-state index contributed by atoms with van der Waals surface area (Å²) in [6, 6.07) is 0. The van der Waals surface area contributed by atoms with Crippen LogP contribution in [0.5, 0.6) is 0 Å². The van der Waals surface area contributed by atoms with Crippen LogP contribution in [0, 0.1) is 0 Å². The normalized spacial score (nSPS) is 12.6. The van der Waals surface area contributed by atoms with Crippen LogP contribution in [0.1, 0.15) is 355 Å². The van der Waals surface area contributed by atoms with Gasteiger partial charge in [0.2, 0.25) is 0 Å². The van der Waals surface area contributed by atoms with Gasteiger partial charge in [0.05, 0.1) is 0 Å². The van der Waals surface area contributed by atoms with Crippen LogP contribution in [-0.2, 0) is 28.6 Å². The number of hydrogen-bond donors (Lipinski definition) is 0. The van der Waals surface area contributed by atoms with Crippen molar-refractivity contribution >= 4 is 17.9 Å². The number of esters is 3. The van der Waals surface area contributed by atoms with E-state index >= 15 is 0 Å². The van der Waals surface area contributed by atoms with E-state index in [1.54, 1.807) is 0 Å². The van der Waals surface area contributed by atoms with Gasteiger partial charge in [0.1, 0.15) is 13.2 Å². The number of carbonyl (C=O) groups is 3. The minimum atomic E-state index is -0.792. The Bertz CT molecular complexity index is 1530. The van der Waals surface area contributed by atoms with Gasteiger partial charge >= 0.3 is 17.9 Å².